The molecule has 2 atom stereocenters. The summed E-state index contributed by atoms with van der Waals surface area (Å²) < 4.78 is 42.4. The molecule has 0 aliphatic carbocycles. The van der Waals surface area contributed by atoms with Gasteiger partial charge in [-0.1, -0.05) is 84.6 Å². The largest absolute Gasteiger partial charge is 0.493 e. The van der Waals surface area contributed by atoms with E-state index in [1.807, 2.05) is 0 Å². The summed E-state index contributed by atoms with van der Waals surface area (Å²) in [5, 5.41) is 0.0212. The molecule has 0 bridgehead atoms. The van der Waals surface area contributed by atoms with Gasteiger partial charge in [0, 0.05) is 43.9 Å². The van der Waals surface area contributed by atoms with Crippen LogP contribution in [0.1, 0.15) is 81.5 Å². The topological polar surface area (TPSA) is 152 Å². The van der Waals surface area contributed by atoms with Crippen LogP contribution in [0.4, 0.5) is 16.2 Å². The molecule has 0 saturated carbocycles. The standard InChI is InChI=1S/C50H76N4O10Si2/c1-17-20-52(48(57)62-21-18-2)41-29-45(43(59-12)27-39(41)47(56)54-31-35(4)25-37(54)33-64-66(15,16)50(8,9)10)61-23-19-22-60-44-28-40(51)38(26-42(44)58-11)46(55)53-30-34(3)24-36(53)32-63-65(13,14)49(5,6)7/h17-18,26-29,36-37H,1-4,19-25,30-33,51H2,5-16H3/t36-,37-/m0/s1. The molecule has 2 fully saturated rings. The second-order valence-electron chi connectivity index (χ2n) is 20.2. The van der Waals surface area contributed by atoms with E-state index in [0.717, 1.165) is 11.1 Å². The van der Waals surface area contributed by atoms with Gasteiger partial charge in [0.25, 0.3) is 11.8 Å². The first-order valence-corrected chi connectivity index (χ1v) is 28.5. The number of carbonyl (C=O) groups excluding carboxylic acids is 3. The second kappa shape index (κ2) is 22.2. The van der Waals surface area contributed by atoms with Gasteiger partial charge in [0.05, 0.1) is 69.5 Å². The number of amides is 3. The number of nitrogens with two attached hydrogens (primary N) is 1. The Kier molecular flexibility index (Phi) is 18.0. The highest BCUT2D eigenvalue weighted by atomic mass is 28.4. The molecule has 0 radical (unpaired) electrons. The molecule has 14 nitrogen and oxygen atoms in total. The van der Waals surface area contributed by atoms with Gasteiger partial charge in [-0.05, 0) is 61.2 Å². The third kappa shape index (κ3) is 12.9. The van der Waals surface area contributed by atoms with Crippen LogP contribution < -0.4 is 29.6 Å². The molecule has 4 rings (SSSR count). The van der Waals surface area contributed by atoms with Crippen LogP contribution in [-0.4, -0.2) is 123 Å². The lowest BCUT2D eigenvalue weighted by Crippen LogP contribution is -2.46. The number of anilines is 2. The van der Waals surface area contributed by atoms with Crippen LogP contribution in [-0.2, 0) is 13.6 Å². The maximum Gasteiger partial charge on any atom is 0.414 e. The molecule has 0 aromatic heterocycles. The van der Waals surface area contributed by atoms with E-state index in [0.29, 0.717) is 68.4 Å². The van der Waals surface area contributed by atoms with Crippen molar-refractivity contribution in [3.8, 4) is 23.0 Å². The summed E-state index contributed by atoms with van der Waals surface area (Å²) in [4.78, 5) is 47.1. The second-order valence-corrected chi connectivity index (χ2v) is 29.8. The van der Waals surface area contributed by atoms with Crippen molar-refractivity contribution in [2.75, 3.05) is 77.5 Å². The monoisotopic (exact) mass is 949 g/mol. The average Bonchev–Trinajstić information content (AvgIpc) is 3.82. The van der Waals surface area contributed by atoms with Crippen LogP contribution in [0, 0.1) is 0 Å². The Hall–Kier alpha value is -5.04. The van der Waals surface area contributed by atoms with Crippen LogP contribution in [0.2, 0.25) is 36.3 Å². The smallest absolute Gasteiger partial charge is 0.414 e. The van der Waals surface area contributed by atoms with Crippen LogP contribution in [0.25, 0.3) is 0 Å². The van der Waals surface area contributed by atoms with Crippen molar-refractivity contribution >= 4 is 45.9 Å². The molecular formula is C50H76N4O10Si2. The number of benzene rings is 2. The number of carbonyl (C=O) groups is 3. The predicted molar refractivity (Wildman–Crippen MR) is 269 cm³/mol. The number of ether oxygens (including phenoxy) is 5. The summed E-state index contributed by atoms with van der Waals surface area (Å²) >= 11 is 0. The van der Waals surface area contributed by atoms with Crippen molar-refractivity contribution in [1.29, 1.82) is 0 Å². The molecule has 2 aliphatic rings. The quantitative estimate of drug-likeness (QED) is 0.0551. The minimum Gasteiger partial charge on any atom is -0.493 e. The Labute approximate surface area is 395 Å². The van der Waals surface area contributed by atoms with Gasteiger partial charge in [0.2, 0.25) is 0 Å². The first-order valence-electron chi connectivity index (χ1n) is 22.6. The van der Waals surface area contributed by atoms with E-state index in [1.165, 1.54) is 25.2 Å². The zero-order valence-electron chi connectivity index (χ0n) is 41.7. The highest BCUT2D eigenvalue weighted by Gasteiger charge is 2.42. The molecule has 2 N–H and O–H groups in total. The number of rotatable bonds is 21. The Morgan fingerprint density at radius 2 is 1.18 bits per heavy atom. The summed E-state index contributed by atoms with van der Waals surface area (Å²) in [5.41, 5.74) is 9.42. The number of methoxy groups -OCH3 is 2. The number of hydrogen-bond donors (Lipinski definition) is 1. The summed E-state index contributed by atoms with van der Waals surface area (Å²) in [6.45, 7) is 39.7. The first-order chi connectivity index (χ1) is 30.8. The Bertz CT molecular complexity index is 2130. The Balaban J connectivity index is 1.54. The molecule has 364 valence electrons. The van der Waals surface area contributed by atoms with Gasteiger partial charge in [0.1, 0.15) is 6.61 Å². The van der Waals surface area contributed by atoms with Crippen molar-refractivity contribution in [3.05, 3.63) is 85.0 Å². The normalized spacial score (nSPS) is 16.8. The van der Waals surface area contributed by atoms with Crippen LogP contribution in [0.15, 0.2) is 73.9 Å². The highest BCUT2D eigenvalue weighted by Crippen LogP contribution is 2.41. The molecule has 2 heterocycles. The minimum atomic E-state index is -2.13. The SMILES string of the molecule is C=CCOC(=O)N(CC=C)c1cc(OCCCOc2cc(N)c(C(=O)N3CC(=C)C[C@H]3CO[Si](C)(C)C(C)(C)C)cc2OC)c(OC)cc1C(=O)N1CC(=C)C[C@H]1CO[Si](C)(C)C(C)(C)C. The maximum absolute atomic E-state index is 14.7. The zero-order valence-corrected chi connectivity index (χ0v) is 43.7. The fraction of sp³-hybridized carbons (Fsp3) is 0.540. The molecule has 2 aromatic carbocycles. The van der Waals surface area contributed by atoms with E-state index in [4.69, 9.17) is 38.3 Å². The lowest BCUT2D eigenvalue weighted by atomic mass is 10.1. The van der Waals surface area contributed by atoms with Gasteiger partial charge in [0.15, 0.2) is 39.6 Å². The molecule has 66 heavy (non-hydrogen) atoms. The van der Waals surface area contributed by atoms with Crippen molar-refractivity contribution in [2.24, 2.45) is 0 Å². The number of nitrogens with zero attached hydrogens (tertiary/aromatic N) is 3. The molecule has 0 unspecified atom stereocenters. The Morgan fingerprint density at radius 1 is 0.727 bits per heavy atom. The van der Waals surface area contributed by atoms with Gasteiger partial charge in [-0.25, -0.2) is 4.79 Å². The molecule has 2 aromatic rings. The van der Waals surface area contributed by atoms with E-state index in [2.05, 4.69) is 94.0 Å². The van der Waals surface area contributed by atoms with Crippen molar-refractivity contribution < 1.29 is 46.9 Å². The number of nitrogen functional groups attached to an aromatic ring is 1. The van der Waals surface area contributed by atoms with Crippen molar-refractivity contribution in [1.82, 2.24) is 9.80 Å². The van der Waals surface area contributed by atoms with Crippen molar-refractivity contribution in [3.63, 3.8) is 0 Å². The Morgan fingerprint density at radius 3 is 1.62 bits per heavy atom. The summed E-state index contributed by atoms with van der Waals surface area (Å²) in [7, 11) is -1.19. The van der Waals surface area contributed by atoms with Crippen LogP contribution >= 0.6 is 0 Å². The zero-order chi connectivity index (χ0) is 49.4. The van der Waals surface area contributed by atoms with E-state index in [-0.39, 0.29) is 83.0 Å². The van der Waals surface area contributed by atoms with Gasteiger partial charge < -0.3 is 48.1 Å². The average molecular weight is 949 g/mol. The van der Waals surface area contributed by atoms with Gasteiger partial charge in [-0.2, -0.15) is 0 Å². The molecule has 0 spiro atoms. The van der Waals surface area contributed by atoms with E-state index in [1.54, 1.807) is 40.1 Å². The van der Waals surface area contributed by atoms with E-state index >= 15 is 0 Å². The third-order valence-electron chi connectivity index (χ3n) is 13.2. The molecule has 2 aliphatic heterocycles. The van der Waals surface area contributed by atoms with E-state index < -0.39 is 22.7 Å². The fourth-order valence-electron chi connectivity index (χ4n) is 7.16. The molecule has 3 amide bonds. The van der Waals surface area contributed by atoms with Crippen LogP contribution in [0.5, 0.6) is 23.0 Å². The van der Waals surface area contributed by atoms with Gasteiger partial charge >= 0.3 is 6.09 Å². The summed E-state index contributed by atoms with van der Waals surface area (Å²) in [6.07, 6.45) is 3.98. The third-order valence-corrected chi connectivity index (χ3v) is 22.2. The summed E-state index contributed by atoms with van der Waals surface area (Å²) in [6, 6.07) is 6.00. The molecule has 2 saturated heterocycles. The predicted octanol–water partition coefficient (Wildman–Crippen LogP) is 10.0. The lowest BCUT2D eigenvalue weighted by molar-refractivity contribution is 0.0680. The number of hydrogen-bond acceptors (Lipinski definition) is 11. The number of likely N-dealkylation sites (tertiary alicyclic amines) is 2. The first kappa shape index (κ1) is 53.6. The molecular weight excluding hydrogens is 873 g/mol. The van der Waals surface area contributed by atoms with E-state index in [9.17, 15) is 14.4 Å². The van der Waals surface area contributed by atoms with Crippen molar-refractivity contribution in [2.45, 2.75) is 109 Å². The van der Waals surface area contributed by atoms with Gasteiger partial charge in [-0.15, -0.1) is 6.58 Å². The maximum atomic E-state index is 14.7. The van der Waals surface area contributed by atoms with Gasteiger partial charge in [-0.3, -0.25) is 14.5 Å². The lowest BCUT2D eigenvalue weighted by Gasteiger charge is -2.38. The minimum absolute atomic E-state index is 0.0130. The summed E-state index contributed by atoms with van der Waals surface area (Å²) in [5.74, 6) is 0.760. The fourth-order valence-corrected chi connectivity index (χ4v) is 9.25. The van der Waals surface area contributed by atoms with Crippen LogP contribution in [0.3, 0.4) is 0 Å². The highest BCUT2D eigenvalue weighted by molar-refractivity contribution is 6.74. The molecule has 16 heteroatoms.